The van der Waals surface area contributed by atoms with E-state index in [0.29, 0.717) is 10.6 Å². The molecule has 21 heavy (non-hydrogen) atoms. The van der Waals surface area contributed by atoms with Crippen LogP contribution in [0.5, 0.6) is 0 Å². The second-order valence-corrected chi connectivity index (χ2v) is 5.57. The highest BCUT2D eigenvalue weighted by molar-refractivity contribution is 7.17. The van der Waals surface area contributed by atoms with E-state index in [-0.39, 0.29) is 16.6 Å². The van der Waals surface area contributed by atoms with E-state index >= 15 is 0 Å². The van der Waals surface area contributed by atoms with Crippen LogP contribution in [0.2, 0.25) is 0 Å². The van der Waals surface area contributed by atoms with Crippen LogP contribution < -0.4 is 5.32 Å². The van der Waals surface area contributed by atoms with E-state index in [0.717, 1.165) is 11.3 Å². The lowest BCUT2D eigenvalue weighted by Crippen LogP contribution is -2.21. The van der Waals surface area contributed by atoms with Crippen molar-refractivity contribution in [2.24, 2.45) is 0 Å². The first-order chi connectivity index (χ1) is 9.90. The first-order valence-electron chi connectivity index (χ1n) is 6.15. The van der Waals surface area contributed by atoms with Crippen molar-refractivity contribution >= 4 is 28.3 Å². The molecule has 1 aromatic carbocycles. The van der Waals surface area contributed by atoms with E-state index in [1.54, 1.807) is 27.1 Å². The maximum atomic E-state index is 13.5. The molecule has 0 radical (unpaired) electrons. The minimum atomic E-state index is -0.604. The van der Waals surface area contributed by atoms with Crippen LogP contribution in [-0.4, -0.2) is 35.8 Å². The molecule has 2 rings (SSSR count). The van der Waals surface area contributed by atoms with Crippen LogP contribution in [0.15, 0.2) is 24.3 Å². The summed E-state index contributed by atoms with van der Waals surface area (Å²) < 4.78 is 13.5. The fourth-order valence-corrected chi connectivity index (χ4v) is 2.64. The third-order valence-electron chi connectivity index (χ3n) is 2.74. The van der Waals surface area contributed by atoms with Crippen LogP contribution in [0, 0.1) is 12.7 Å². The molecular formula is C14H14FN3O2S. The van der Waals surface area contributed by atoms with Gasteiger partial charge in [-0.15, -0.1) is 0 Å². The van der Waals surface area contributed by atoms with Gasteiger partial charge >= 0.3 is 0 Å². The van der Waals surface area contributed by atoms with Crippen molar-refractivity contribution < 1.29 is 14.0 Å². The van der Waals surface area contributed by atoms with Gasteiger partial charge in [0.15, 0.2) is 5.13 Å². The van der Waals surface area contributed by atoms with Gasteiger partial charge in [0, 0.05) is 14.1 Å². The average molecular weight is 307 g/mol. The average Bonchev–Trinajstić information content (AvgIpc) is 2.78. The molecular weight excluding hydrogens is 293 g/mol. The van der Waals surface area contributed by atoms with Crippen molar-refractivity contribution in [3.05, 3.63) is 46.2 Å². The molecule has 1 heterocycles. The van der Waals surface area contributed by atoms with E-state index in [9.17, 15) is 14.0 Å². The summed E-state index contributed by atoms with van der Waals surface area (Å²) in [6.07, 6.45) is 0. The first-order valence-corrected chi connectivity index (χ1v) is 6.96. The van der Waals surface area contributed by atoms with E-state index in [1.165, 1.54) is 23.1 Å². The highest BCUT2D eigenvalue weighted by atomic mass is 32.1. The zero-order valence-electron chi connectivity index (χ0n) is 11.8. The smallest absolute Gasteiger partial charge is 0.265 e. The molecule has 0 unspecified atom stereocenters. The molecule has 1 N–H and O–H groups in total. The molecule has 0 aliphatic carbocycles. The van der Waals surface area contributed by atoms with Crippen molar-refractivity contribution in [2.45, 2.75) is 6.92 Å². The van der Waals surface area contributed by atoms with Gasteiger partial charge in [-0.05, 0) is 19.1 Å². The van der Waals surface area contributed by atoms with Crippen LogP contribution in [0.3, 0.4) is 0 Å². The van der Waals surface area contributed by atoms with Gasteiger partial charge in [0.1, 0.15) is 10.7 Å². The van der Waals surface area contributed by atoms with Crippen LogP contribution in [0.4, 0.5) is 9.52 Å². The van der Waals surface area contributed by atoms with Crippen molar-refractivity contribution in [3.8, 4) is 0 Å². The van der Waals surface area contributed by atoms with Crippen molar-refractivity contribution in [3.63, 3.8) is 0 Å². The maximum absolute atomic E-state index is 13.5. The van der Waals surface area contributed by atoms with E-state index in [2.05, 4.69) is 10.3 Å². The Labute approximate surface area is 125 Å². The number of rotatable bonds is 3. The van der Waals surface area contributed by atoms with Crippen LogP contribution in [-0.2, 0) is 0 Å². The number of hydrogen-bond acceptors (Lipinski definition) is 4. The molecule has 0 saturated carbocycles. The number of nitrogens with one attached hydrogen (secondary N) is 1. The number of anilines is 1. The topological polar surface area (TPSA) is 62.3 Å². The van der Waals surface area contributed by atoms with Gasteiger partial charge in [-0.2, -0.15) is 0 Å². The number of aryl methyl sites for hydroxylation is 1. The highest BCUT2D eigenvalue weighted by Crippen LogP contribution is 2.24. The van der Waals surface area contributed by atoms with Gasteiger partial charge in [0.25, 0.3) is 11.8 Å². The van der Waals surface area contributed by atoms with Gasteiger partial charge in [-0.1, -0.05) is 23.5 Å². The van der Waals surface area contributed by atoms with Gasteiger partial charge < -0.3 is 4.90 Å². The number of amides is 2. The quantitative estimate of drug-likeness (QED) is 0.948. The SMILES string of the molecule is Cc1nc(NC(=O)c2ccccc2F)sc1C(=O)N(C)C. The zero-order valence-corrected chi connectivity index (χ0v) is 12.6. The Morgan fingerprint density at radius 3 is 2.57 bits per heavy atom. The van der Waals surface area contributed by atoms with Crippen LogP contribution in [0.1, 0.15) is 25.7 Å². The number of nitrogens with zero attached hydrogens (tertiary/aromatic N) is 2. The molecule has 110 valence electrons. The Bertz CT molecular complexity index is 697. The second kappa shape index (κ2) is 6.01. The summed E-state index contributed by atoms with van der Waals surface area (Å²) in [6, 6.07) is 5.68. The van der Waals surface area contributed by atoms with E-state index in [1.807, 2.05) is 0 Å². The minimum absolute atomic E-state index is 0.0640. The van der Waals surface area contributed by atoms with Gasteiger partial charge in [0.2, 0.25) is 0 Å². The van der Waals surface area contributed by atoms with Gasteiger partial charge in [0.05, 0.1) is 11.3 Å². The number of thiazole rings is 1. The van der Waals surface area contributed by atoms with Gasteiger partial charge in [-0.25, -0.2) is 9.37 Å². The largest absolute Gasteiger partial charge is 0.344 e. The molecule has 0 aliphatic heterocycles. The molecule has 7 heteroatoms. The summed E-state index contributed by atoms with van der Waals surface area (Å²) in [4.78, 5) is 29.9. The van der Waals surface area contributed by atoms with Crippen molar-refractivity contribution in [1.29, 1.82) is 0 Å². The summed E-state index contributed by atoms with van der Waals surface area (Å²) in [5.74, 6) is -1.38. The molecule has 0 saturated heterocycles. The summed E-state index contributed by atoms with van der Waals surface area (Å²) in [6.45, 7) is 1.69. The third-order valence-corrected chi connectivity index (χ3v) is 3.80. The minimum Gasteiger partial charge on any atom is -0.344 e. The molecule has 0 bridgehead atoms. The Balaban J connectivity index is 2.21. The summed E-state index contributed by atoms with van der Waals surface area (Å²) in [5, 5.41) is 2.78. The lowest BCUT2D eigenvalue weighted by molar-refractivity contribution is 0.0831. The second-order valence-electron chi connectivity index (χ2n) is 4.57. The number of carbonyl (C=O) groups is 2. The summed E-state index contributed by atoms with van der Waals surface area (Å²) in [5.41, 5.74) is 0.466. The predicted molar refractivity (Wildman–Crippen MR) is 79.2 cm³/mol. The Hall–Kier alpha value is -2.28. The molecule has 0 spiro atoms. The maximum Gasteiger partial charge on any atom is 0.265 e. The summed E-state index contributed by atoms with van der Waals surface area (Å²) in [7, 11) is 3.28. The monoisotopic (exact) mass is 307 g/mol. The summed E-state index contributed by atoms with van der Waals surface area (Å²) >= 11 is 1.07. The third kappa shape index (κ3) is 3.25. The molecule has 0 aliphatic rings. The Morgan fingerprint density at radius 1 is 1.29 bits per heavy atom. The molecule has 0 atom stereocenters. The van der Waals surface area contributed by atoms with E-state index < -0.39 is 11.7 Å². The fourth-order valence-electron chi connectivity index (χ4n) is 1.66. The lowest BCUT2D eigenvalue weighted by atomic mass is 10.2. The highest BCUT2D eigenvalue weighted by Gasteiger charge is 2.19. The molecule has 0 fully saturated rings. The predicted octanol–water partition coefficient (Wildman–Crippen LogP) is 2.54. The number of carbonyl (C=O) groups excluding carboxylic acids is 2. The molecule has 5 nitrogen and oxygen atoms in total. The van der Waals surface area contributed by atoms with E-state index in [4.69, 9.17) is 0 Å². The lowest BCUT2D eigenvalue weighted by Gasteiger charge is -2.07. The van der Waals surface area contributed by atoms with Crippen molar-refractivity contribution in [1.82, 2.24) is 9.88 Å². The van der Waals surface area contributed by atoms with Gasteiger partial charge in [-0.3, -0.25) is 14.9 Å². The normalized spacial score (nSPS) is 10.3. The standard InChI is InChI=1S/C14H14FN3O2S/c1-8-11(13(20)18(2)3)21-14(16-8)17-12(19)9-6-4-5-7-10(9)15/h4-7H,1-3H3,(H,16,17,19). The van der Waals surface area contributed by atoms with Crippen molar-refractivity contribution in [2.75, 3.05) is 19.4 Å². The molecule has 2 aromatic rings. The first kappa shape index (κ1) is 15.1. The number of aromatic nitrogens is 1. The number of benzene rings is 1. The van der Waals surface area contributed by atoms with Crippen LogP contribution >= 0.6 is 11.3 Å². The molecule has 2 amide bonds. The fraction of sp³-hybridized carbons (Fsp3) is 0.214. The number of hydrogen-bond donors (Lipinski definition) is 1. The zero-order chi connectivity index (χ0) is 15.6. The van der Waals surface area contributed by atoms with Crippen LogP contribution in [0.25, 0.3) is 0 Å². The Morgan fingerprint density at radius 2 is 1.95 bits per heavy atom. The Kier molecular flexibility index (Phi) is 4.32. The molecule has 1 aromatic heterocycles. The number of halogens is 1.